The van der Waals surface area contributed by atoms with Crippen LogP contribution in [0.25, 0.3) is 0 Å². The third-order valence-corrected chi connectivity index (χ3v) is 5.66. The Balaban J connectivity index is 1.69. The molecule has 2 heterocycles. The summed E-state index contributed by atoms with van der Waals surface area (Å²) in [6.07, 6.45) is 1.92. The predicted molar refractivity (Wildman–Crippen MR) is 120 cm³/mol. The van der Waals surface area contributed by atoms with Crippen molar-refractivity contribution in [3.63, 3.8) is 0 Å². The number of guanidine groups is 1. The molecule has 1 unspecified atom stereocenters. The second-order valence-electron chi connectivity index (χ2n) is 7.62. The van der Waals surface area contributed by atoms with Crippen LogP contribution in [0.5, 0.6) is 0 Å². The largest absolute Gasteiger partial charge is 0.379 e. The summed E-state index contributed by atoms with van der Waals surface area (Å²) in [5, 5.41) is 4.33. The molecule has 1 aromatic carbocycles. The fourth-order valence-corrected chi connectivity index (χ4v) is 4.02. The summed E-state index contributed by atoms with van der Waals surface area (Å²) in [6.45, 7) is 7.09. The van der Waals surface area contributed by atoms with E-state index in [1.807, 2.05) is 33.4 Å². The van der Waals surface area contributed by atoms with Gasteiger partial charge in [-0.15, -0.1) is 0 Å². The van der Waals surface area contributed by atoms with Gasteiger partial charge in [0.2, 0.25) is 0 Å². The van der Waals surface area contributed by atoms with E-state index >= 15 is 0 Å². The van der Waals surface area contributed by atoms with E-state index in [0.29, 0.717) is 0 Å². The maximum absolute atomic E-state index is 6.13. The third kappa shape index (κ3) is 5.75. The number of hydrogen-bond donors (Lipinski definition) is 1. The summed E-state index contributed by atoms with van der Waals surface area (Å²) in [5.41, 5.74) is 3.74. The normalized spacial score (nSPS) is 16.7. The molecule has 0 aliphatic carbocycles. The van der Waals surface area contributed by atoms with Gasteiger partial charge in [0.1, 0.15) is 0 Å². The van der Waals surface area contributed by atoms with Gasteiger partial charge in [0, 0.05) is 52.7 Å². The van der Waals surface area contributed by atoms with E-state index in [2.05, 4.69) is 55.9 Å². The molecule has 1 atom stereocenters. The van der Waals surface area contributed by atoms with Gasteiger partial charge in [-0.05, 0) is 18.6 Å². The Kier molecular flexibility index (Phi) is 7.58. The average molecular weight is 418 g/mol. The number of morpholine rings is 1. The molecule has 3 rings (SSSR count). The maximum atomic E-state index is 6.13. The molecule has 0 radical (unpaired) electrons. The summed E-state index contributed by atoms with van der Waals surface area (Å²) < 4.78 is 7.61. The minimum atomic E-state index is 0.272. The lowest BCUT2D eigenvalue weighted by Crippen LogP contribution is -2.46. The Morgan fingerprint density at radius 1 is 1.28 bits per heavy atom. The van der Waals surface area contributed by atoms with E-state index in [-0.39, 0.29) is 6.04 Å². The number of benzene rings is 1. The molecule has 29 heavy (non-hydrogen) atoms. The highest BCUT2D eigenvalue weighted by Crippen LogP contribution is 2.22. The minimum Gasteiger partial charge on any atom is -0.379 e. The number of nitrogens with one attached hydrogen (secondary N) is 1. The zero-order chi connectivity index (χ0) is 20.8. The number of aryl methyl sites for hydroxylation is 2. The summed E-state index contributed by atoms with van der Waals surface area (Å²) in [6, 6.07) is 11.1. The van der Waals surface area contributed by atoms with Gasteiger partial charge < -0.3 is 19.5 Å². The number of nitrogens with zero attached hydrogens (tertiary/aromatic N) is 4. The summed E-state index contributed by atoms with van der Waals surface area (Å²) in [4.78, 5) is 9.11. The standard InChI is InChI=1S/C22H32ClN5O/c1-17-5-7-18(8-6-17)21(28-9-11-29-12-10-28)14-25-22(24-2)27(4)16-20-13-19(23)15-26(20)3/h5-8,13,15,21H,9-12,14,16H2,1-4H3,(H,24,25). The Morgan fingerprint density at radius 3 is 2.55 bits per heavy atom. The van der Waals surface area contributed by atoms with Crippen molar-refractivity contribution in [1.82, 2.24) is 19.7 Å². The second kappa shape index (κ2) is 10.1. The Labute approximate surface area is 179 Å². The highest BCUT2D eigenvalue weighted by Gasteiger charge is 2.23. The molecule has 7 heteroatoms. The van der Waals surface area contributed by atoms with Crippen molar-refractivity contribution in [2.24, 2.45) is 12.0 Å². The van der Waals surface area contributed by atoms with E-state index in [1.165, 1.54) is 11.1 Å². The highest BCUT2D eigenvalue weighted by atomic mass is 35.5. The van der Waals surface area contributed by atoms with Crippen molar-refractivity contribution in [3.8, 4) is 0 Å². The first-order chi connectivity index (χ1) is 14.0. The fourth-order valence-electron chi connectivity index (χ4n) is 3.75. The second-order valence-corrected chi connectivity index (χ2v) is 8.06. The van der Waals surface area contributed by atoms with E-state index in [0.717, 1.165) is 56.1 Å². The van der Waals surface area contributed by atoms with Gasteiger partial charge in [-0.2, -0.15) is 0 Å². The molecule has 1 saturated heterocycles. The number of halogens is 1. The van der Waals surface area contributed by atoms with Crippen LogP contribution in [0.4, 0.5) is 0 Å². The van der Waals surface area contributed by atoms with Gasteiger partial charge in [0.25, 0.3) is 0 Å². The lowest BCUT2D eigenvalue weighted by Gasteiger charge is -2.35. The van der Waals surface area contributed by atoms with Crippen molar-refractivity contribution >= 4 is 17.6 Å². The van der Waals surface area contributed by atoms with Crippen molar-refractivity contribution < 1.29 is 4.74 Å². The Morgan fingerprint density at radius 2 is 1.97 bits per heavy atom. The molecule has 1 N–H and O–H groups in total. The van der Waals surface area contributed by atoms with Crippen LogP contribution in [0, 0.1) is 6.92 Å². The van der Waals surface area contributed by atoms with Crippen LogP contribution in [-0.4, -0.2) is 67.3 Å². The van der Waals surface area contributed by atoms with Gasteiger partial charge >= 0.3 is 0 Å². The van der Waals surface area contributed by atoms with E-state index < -0.39 is 0 Å². The van der Waals surface area contributed by atoms with Crippen molar-refractivity contribution in [2.75, 3.05) is 46.9 Å². The molecular weight excluding hydrogens is 386 g/mol. The number of aliphatic imine (C=N–C) groups is 1. The van der Waals surface area contributed by atoms with E-state index in [4.69, 9.17) is 16.3 Å². The quantitative estimate of drug-likeness (QED) is 0.579. The lowest BCUT2D eigenvalue weighted by atomic mass is 10.0. The van der Waals surface area contributed by atoms with Crippen LogP contribution in [0.15, 0.2) is 41.5 Å². The summed E-state index contributed by atoms with van der Waals surface area (Å²) >= 11 is 6.13. The number of aromatic nitrogens is 1. The molecule has 0 saturated carbocycles. The number of rotatable bonds is 6. The molecular formula is C22H32ClN5O. The zero-order valence-corrected chi connectivity index (χ0v) is 18.6. The monoisotopic (exact) mass is 417 g/mol. The SMILES string of the molecule is CN=C(NCC(c1ccc(C)cc1)N1CCOCC1)N(C)Cc1cc(Cl)cn1C. The summed E-state index contributed by atoms with van der Waals surface area (Å²) in [5.74, 6) is 0.868. The van der Waals surface area contributed by atoms with Crippen LogP contribution in [-0.2, 0) is 18.3 Å². The molecule has 1 aliphatic rings. The molecule has 6 nitrogen and oxygen atoms in total. The van der Waals surface area contributed by atoms with Crippen LogP contribution in [0.1, 0.15) is 22.9 Å². The average Bonchev–Trinajstić information content (AvgIpc) is 3.03. The zero-order valence-electron chi connectivity index (χ0n) is 17.9. The van der Waals surface area contributed by atoms with Gasteiger partial charge in [-0.1, -0.05) is 41.4 Å². The first-order valence-corrected chi connectivity index (χ1v) is 10.5. The Bertz CT molecular complexity index is 811. The maximum Gasteiger partial charge on any atom is 0.193 e. The van der Waals surface area contributed by atoms with Crippen LogP contribution < -0.4 is 5.32 Å². The Hall–Kier alpha value is -2.02. The fraction of sp³-hybridized carbons (Fsp3) is 0.500. The van der Waals surface area contributed by atoms with Crippen LogP contribution >= 0.6 is 11.6 Å². The van der Waals surface area contributed by atoms with Gasteiger partial charge in [0.15, 0.2) is 5.96 Å². The molecule has 158 valence electrons. The third-order valence-electron chi connectivity index (χ3n) is 5.45. The number of ether oxygens (including phenoxy) is 1. The molecule has 1 fully saturated rings. The first-order valence-electron chi connectivity index (χ1n) is 10.1. The smallest absolute Gasteiger partial charge is 0.193 e. The van der Waals surface area contributed by atoms with Crippen molar-refractivity contribution in [1.29, 1.82) is 0 Å². The molecule has 1 aromatic heterocycles. The van der Waals surface area contributed by atoms with Gasteiger partial charge in [0.05, 0.1) is 30.8 Å². The first kappa shape index (κ1) is 21.7. The highest BCUT2D eigenvalue weighted by molar-refractivity contribution is 6.30. The molecule has 0 amide bonds. The predicted octanol–water partition coefficient (Wildman–Crippen LogP) is 3.07. The van der Waals surface area contributed by atoms with Crippen molar-refractivity contribution in [3.05, 3.63) is 58.4 Å². The number of hydrogen-bond acceptors (Lipinski definition) is 3. The van der Waals surface area contributed by atoms with Crippen molar-refractivity contribution in [2.45, 2.75) is 19.5 Å². The van der Waals surface area contributed by atoms with E-state index in [1.54, 1.807) is 0 Å². The molecule has 1 aliphatic heterocycles. The van der Waals surface area contributed by atoms with Gasteiger partial charge in [-0.3, -0.25) is 9.89 Å². The molecule has 0 bridgehead atoms. The molecule has 2 aromatic rings. The lowest BCUT2D eigenvalue weighted by molar-refractivity contribution is 0.0169. The van der Waals surface area contributed by atoms with Gasteiger partial charge in [-0.25, -0.2) is 0 Å². The minimum absolute atomic E-state index is 0.272. The summed E-state index contributed by atoms with van der Waals surface area (Å²) in [7, 11) is 5.88. The topological polar surface area (TPSA) is 45.0 Å². The van der Waals surface area contributed by atoms with E-state index in [9.17, 15) is 0 Å². The van der Waals surface area contributed by atoms with Crippen LogP contribution in [0.2, 0.25) is 5.02 Å². The molecule has 0 spiro atoms. The van der Waals surface area contributed by atoms with Crippen LogP contribution in [0.3, 0.4) is 0 Å².